The van der Waals surface area contributed by atoms with Gasteiger partial charge in [-0.2, -0.15) is 0 Å². The Morgan fingerprint density at radius 3 is 2.68 bits per heavy atom. The molecule has 0 unspecified atom stereocenters. The fraction of sp³-hybridized carbons (Fsp3) is 0.364. The number of carbonyl (C=O) groups is 1. The molecule has 5 nitrogen and oxygen atoms in total. The van der Waals surface area contributed by atoms with Crippen LogP contribution in [0.2, 0.25) is 5.02 Å². The molecule has 0 bridgehead atoms. The number of benzene rings is 1. The van der Waals surface area contributed by atoms with Gasteiger partial charge in [0.05, 0.1) is 11.9 Å². The zero-order valence-electron chi connectivity index (χ0n) is 16.5. The summed E-state index contributed by atoms with van der Waals surface area (Å²) in [6.07, 6.45) is 4.37. The van der Waals surface area contributed by atoms with Crippen LogP contribution in [-0.2, 0) is 11.3 Å². The van der Waals surface area contributed by atoms with E-state index < -0.39 is 0 Å². The van der Waals surface area contributed by atoms with E-state index in [2.05, 4.69) is 26.2 Å². The van der Waals surface area contributed by atoms with Gasteiger partial charge in [0.2, 0.25) is 5.91 Å². The Morgan fingerprint density at radius 2 is 1.96 bits per heavy atom. The van der Waals surface area contributed by atoms with E-state index in [9.17, 15) is 4.79 Å². The highest BCUT2D eigenvalue weighted by Crippen LogP contribution is 2.20. The fourth-order valence-electron chi connectivity index (χ4n) is 3.31. The van der Waals surface area contributed by atoms with Crippen molar-refractivity contribution in [1.29, 1.82) is 0 Å². The van der Waals surface area contributed by atoms with Gasteiger partial charge in [-0.15, -0.1) is 0 Å². The van der Waals surface area contributed by atoms with Gasteiger partial charge in [-0.3, -0.25) is 9.69 Å². The number of nitrogens with zero attached hydrogens (tertiary/aromatic N) is 3. The lowest BCUT2D eigenvalue weighted by molar-refractivity contribution is -0.111. The molecule has 0 spiro atoms. The molecule has 1 aromatic carbocycles. The first kappa shape index (κ1) is 20.4. The average Bonchev–Trinajstić information content (AvgIpc) is 2.89. The quantitative estimate of drug-likeness (QED) is 0.760. The molecule has 28 heavy (non-hydrogen) atoms. The Bertz CT molecular complexity index is 831. The zero-order valence-corrected chi connectivity index (χ0v) is 17.2. The summed E-state index contributed by atoms with van der Waals surface area (Å²) in [6, 6.07) is 11.9. The number of halogens is 1. The standard InChI is InChI=1S/C22H27ClN4O/c1-17(2)14-22(28)25-19-8-9-21(24-15-19)27-11-5-10-26(12-13-27)16-18-6-3-4-7-20(18)23/h3-4,6-9,14-15H,5,10-13,16H2,1-2H3,(H,25,28). The maximum absolute atomic E-state index is 11.8. The number of rotatable bonds is 5. The first-order valence-corrected chi connectivity index (χ1v) is 10.0. The van der Waals surface area contributed by atoms with Gasteiger partial charge in [-0.05, 0) is 44.0 Å². The molecule has 3 rings (SSSR count). The van der Waals surface area contributed by atoms with Crippen LogP contribution in [0.5, 0.6) is 0 Å². The maximum atomic E-state index is 11.8. The number of hydrogen-bond acceptors (Lipinski definition) is 4. The topological polar surface area (TPSA) is 48.5 Å². The molecule has 0 saturated carbocycles. The third-order valence-corrected chi connectivity index (χ3v) is 5.07. The molecule has 2 aromatic rings. The molecule has 1 amide bonds. The van der Waals surface area contributed by atoms with Crippen LogP contribution in [0.3, 0.4) is 0 Å². The predicted molar refractivity (Wildman–Crippen MR) is 116 cm³/mol. The summed E-state index contributed by atoms with van der Waals surface area (Å²) in [7, 11) is 0. The van der Waals surface area contributed by atoms with Crippen molar-refractivity contribution in [3.63, 3.8) is 0 Å². The summed E-state index contributed by atoms with van der Waals surface area (Å²) >= 11 is 6.31. The van der Waals surface area contributed by atoms with Crippen molar-refractivity contribution >= 4 is 29.0 Å². The highest BCUT2D eigenvalue weighted by Gasteiger charge is 2.17. The van der Waals surface area contributed by atoms with E-state index in [-0.39, 0.29) is 5.91 Å². The lowest BCUT2D eigenvalue weighted by Crippen LogP contribution is -2.31. The zero-order chi connectivity index (χ0) is 19.9. The number of anilines is 2. The van der Waals surface area contributed by atoms with E-state index in [4.69, 9.17) is 11.6 Å². The molecule has 6 heteroatoms. The van der Waals surface area contributed by atoms with Crippen LogP contribution in [0.4, 0.5) is 11.5 Å². The summed E-state index contributed by atoms with van der Waals surface area (Å²) in [5.41, 5.74) is 2.85. The number of pyridine rings is 1. The summed E-state index contributed by atoms with van der Waals surface area (Å²) < 4.78 is 0. The minimum absolute atomic E-state index is 0.125. The molecule has 0 atom stereocenters. The Kier molecular flexibility index (Phi) is 7.06. The summed E-state index contributed by atoms with van der Waals surface area (Å²) in [5, 5.41) is 3.67. The SMILES string of the molecule is CC(C)=CC(=O)Nc1ccc(N2CCCN(Cc3ccccc3Cl)CC2)nc1. The normalized spacial score (nSPS) is 15.0. The van der Waals surface area contributed by atoms with Crippen LogP contribution < -0.4 is 10.2 Å². The molecule has 1 saturated heterocycles. The van der Waals surface area contributed by atoms with Crippen molar-refractivity contribution in [3.8, 4) is 0 Å². The van der Waals surface area contributed by atoms with Crippen LogP contribution in [0.15, 0.2) is 54.2 Å². The highest BCUT2D eigenvalue weighted by molar-refractivity contribution is 6.31. The van der Waals surface area contributed by atoms with Crippen molar-refractivity contribution < 1.29 is 4.79 Å². The molecule has 1 aliphatic rings. The predicted octanol–water partition coefficient (Wildman–Crippen LogP) is 4.35. The van der Waals surface area contributed by atoms with Crippen molar-refractivity contribution in [1.82, 2.24) is 9.88 Å². The van der Waals surface area contributed by atoms with Crippen LogP contribution in [0.1, 0.15) is 25.8 Å². The van der Waals surface area contributed by atoms with Crippen LogP contribution in [0, 0.1) is 0 Å². The molecule has 1 aromatic heterocycles. The number of amides is 1. The molecule has 0 aliphatic carbocycles. The third-order valence-electron chi connectivity index (χ3n) is 4.70. The minimum atomic E-state index is -0.125. The Labute approximate surface area is 172 Å². The minimum Gasteiger partial charge on any atom is -0.355 e. The number of aromatic nitrogens is 1. The second-order valence-electron chi connectivity index (χ2n) is 7.32. The molecular formula is C22H27ClN4O. The number of allylic oxidation sites excluding steroid dienone is 1. The van der Waals surface area contributed by atoms with E-state index in [1.54, 1.807) is 12.3 Å². The Morgan fingerprint density at radius 1 is 1.14 bits per heavy atom. The molecule has 148 valence electrons. The van der Waals surface area contributed by atoms with Crippen molar-refractivity contribution in [2.75, 3.05) is 36.4 Å². The van der Waals surface area contributed by atoms with E-state index in [0.717, 1.165) is 55.6 Å². The fourth-order valence-corrected chi connectivity index (χ4v) is 3.51. The lowest BCUT2D eigenvalue weighted by atomic mass is 10.2. The van der Waals surface area contributed by atoms with Gasteiger partial charge in [-0.1, -0.05) is 35.4 Å². The van der Waals surface area contributed by atoms with Gasteiger partial charge >= 0.3 is 0 Å². The van der Waals surface area contributed by atoms with E-state index >= 15 is 0 Å². The number of hydrogen-bond donors (Lipinski definition) is 1. The van der Waals surface area contributed by atoms with E-state index in [0.29, 0.717) is 5.69 Å². The molecule has 1 fully saturated rings. The molecule has 1 N–H and O–H groups in total. The first-order valence-electron chi connectivity index (χ1n) is 9.64. The van der Waals surface area contributed by atoms with Crippen LogP contribution >= 0.6 is 11.6 Å². The molecular weight excluding hydrogens is 372 g/mol. The van der Waals surface area contributed by atoms with Crippen LogP contribution in [-0.4, -0.2) is 42.0 Å². The number of nitrogens with one attached hydrogen (secondary N) is 1. The highest BCUT2D eigenvalue weighted by atomic mass is 35.5. The van der Waals surface area contributed by atoms with E-state index in [1.807, 2.05) is 44.2 Å². The average molecular weight is 399 g/mol. The van der Waals surface area contributed by atoms with E-state index in [1.165, 1.54) is 5.56 Å². The van der Waals surface area contributed by atoms with Crippen molar-refractivity contribution in [2.45, 2.75) is 26.8 Å². The van der Waals surface area contributed by atoms with Crippen molar-refractivity contribution in [2.24, 2.45) is 0 Å². The summed E-state index contributed by atoms with van der Waals surface area (Å²) in [4.78, 5) is 21.1. The smallest absolute Gasteiger partial charge is 0.248 e. The second-order valence-corrected chi connectivity index (χ2v) is 7.73. The van der Waals surface area contributed by atoms with Crippen LogP contribution in [0.25, 0.3) is 0 Å². The largest absolute Gasteiger partial charge is 0.355 e. The first-order chi connectivity index (χ1) is 13.5. The Hall–Kier alpha value is -2.37. The monoisotopic (exact) mass is 398 g/mol. The lowest BCUT2D eigenvalue weighted by Gasteiger charge is -2.23. The van der Waals surface area contributed by atoms with Gasteiger partial charge in [-0.25, -0.2) is 4.98 Å². The van der Waals surface area contributed by atoms with Gasteiger partial charge < -0.3 is 10.2 Å². The van der Waals surface area contributed by atoms with Gasteiger partial charge in [0, 0.05) is 43.8 Å². The number of carbonyl (C=O) groups excluding carboxylic acids is 1. The molecule has 1 aliphatic heterocycles. The van der Waals surface area contributed by atoms with Gasteiger partial charge in [0.1, 0.15) is 5.82 Å². The van der Waals surface area contributed by atoms with Gasteiger partial charge in [0.15, 0.2) is 0 Å². The summed E-state index contributed by atoms with van der Waals surface area (Å²) in [5.74, 6) is 0.819. The second kappa shape index (κ2) is 9.71. The Balaban J connectivity index is 1.57. The molecule has 2 heterocycles. The third kappa shape index (κ3) is 5.81. The molecule has 0 radical (unpaired) electrons. The summed E-state index contributed by atoms with van der Waals surface area (Å²) in [6.45, 7) is 8.56. The van der Waals surface area contributed by atoms with Crippen molar-refractivity contribution in [3.05, 3.63) is 64.8 Å². The van der Waals surface area contributed by atoms with Gasteiger partial charge in [0.25, 0.3) is 0 Å². The maximum Gasteiger partial charge on any atom is 0.248 e.